The first kappa shape index (κ1) is 11.6. The van der Waals surface area contributed by atoms with Gasteiger partial charge in [0.25, 0.3) is 0 Å². The van der Waals surface area contributed by atoms with Crippen LogP contribution in [0.1, 0.15) is 11.8 Å². The van der Waals surface area contributed by atoms with E-state index in [9.17, 15) is 0 Å². The fourth-order valence-corrected chi connectivity index (χ4v) is 3.83. The van der Waals surface area contributed by atoms with Gasteiger partial charge in [-0.15, -0.1) is 11.3 Å². The van der Waals surface area contributed by atoms with E-state index < -0.39 is 0 Å². The van der Waals surface area contributed by atoms with Gasteiger partial charge in [0.2, 0.25) is 0 Å². The van der Waals surface area contributed by atoms with E-state index in [1.54, 1.807) is 0 Å². The number of rotatable bonds is 5. The third-order valence-corrected chi connectivity index (χ3v) is 5.14. The number of thioether (sulfide) groups is 1. The number of hydrogen-bond donors (Lipinski definition) is 1. The molecule has 0 aliphatic rings. The molecule has 1 rings (SSSR count). The largest absolute Gasteiger partial charge is 0.330 e. The average molecular weight is 280 g/mol. The monoisotopic (exact) mass is 279 g/mol. The van der Waals surface area contributed by atoms with Crippen LogP contribution >= 0.6 is 39.0 Å². The molecule has 13 heavy (non-hydrogen) atoms. The second-order valence-electron chi connectivity index (χ2n) is 3.05. The van der Waals surface area contributed by atoms with Crippen molar-refractivity contribution in [2.24, 2.45) is 11.7 Å². The zero-order valence-corrected chi connectivity index (χ0v) is 10.8. The topological polar surface area (TPSA) is 26.0 Å². The zero-order chi connectivity index (χ0) is 9.68. The first-order valence-corrected chi connectivity index (χ1v) is 7.06. The van der Waals surface area contributed by atoms with Crippen LogP contribution in [0.5, 0.6) is 0 Å². The molecule has 0 aliphatic heterocycles. The van der Waals surface area contributed by atoms with Crippen molar-refractivity contribution in [3.63, 3.8) is 0 Å². The highest BCUT2D eigenvalue weighted by Crippen LogP contribution is 2.27. The first-order chi connectivity index (χ1) is 6.24. The van der Waals surface area contributed by atoms with Crippen molar-refractivity contribution in [2.45, 2.75) is 12.7 Å². The van der Waals surface area contributed by atoms with Crippen LogP contribution in [0, 0.1) is 5.92 Å². The molecule has 0 amide bonds. The number of nitrogens with two attached hydrogens (primary N) is 1. The average Bonchev–Trinajstić information content (AvgIpc) is 2.52. The second-order valence-corrected chi connectivity index (χ2v) is 5.93. The number of hydrogen-bond acceptors (Lipinski definition) is 3. The Morgan fingerprint density at radius 2 is 2.46 bits per heavy atom. The maximum atomic E-state index is 5.54. The van der Waals surface area contributed by atoms with Gasteiger partial charge < -0.3 is 5.73 Å². The van der Waals surface area contributed by atoms with Gasteiger partial charge in [0.15, 0.2) is 0 Å². The van der Waals surface area contributed by atoms with Gasteiger partial charge in [-0.3, -0.25) is 0 Å². The van der Waals surface area contributed by atoms with Gasteiger partial charge in [-0.25, -0.2) is 0 Å². The van der Waals surface area contributed by atoms with Gasteiger partial charge in [0, 0.05) is 15.1 Å². The van der Waals surface area contributed by atoms with Crippen LogP contribution in [0.4, 0.5) is 0 Å². The molecular weight excluding hydrogens is 266 g/mol. The summed E-state index contributed by atoms with van der Waals surface area (Å²) in [5.74, 6) is 2.88. The van der Waals surface area contributed by atoms with Gasteiger partial charge in [0.1, 0.15) is 0 Å². The predicted molar refractivity (Wildman–Crippen MR) is 66.4 cm³/mol. The highest BCUT2D eigenvalue weighted by atomic mass is 79.9. The molecule has 1 aromatic rings. The molecule has 1 atom stereocenters. The SMILES string of the molecule is CC(CN)CSCc1sccc1Br. The van der Waals surface area contributed by atoms with E-state index in [0.717, 1.165) is 18.1 Å². The normalized spacial score (nSPS) is 13.2. The molecule has 4 heteroatoms. The van der Waals surface area contributed by atoms with E-state index in [0.29, 0.717) is 5.92 Å². The summed E-state index contributed by atoms with van der Waals surface area (Å²) in [6, 6.07) is 2.10. The Hall–Kier alpha value is 0.490. The molecule has 1 heterocycles. The minimum absolute atomic E-state index is 0.628. The second kappa shape index (κ2) is 6.06. The highest BCUT2D eigenvalue weighted by molar-refractivity contribution is 9.10. The smallest absolute Gasteiger partial charge is 0.0322 e. The van der Waals surface area contributed by atoms with Crippen LogP contribution in [-0.4, -0.2) is 12.3 Å². The molecule has 1 unspecified atom stereocenters. The van der Waals surface area contributed by atoms with E-state index >= 15 is 0 Å². The van der Waals surface area contributed by atoms with Crippen molar-refractivity contribution < 1.29 is 0 Å². The maximum Gasteiger partial charge on any atom is 0.0322 e. The standard InChI is InChI=1S/C9H14BrNS2/c1-7(4-11)5-12-6-9-8(10)2-3-13-9/h2-3,7H,4-6,11H2,1H3. The van der Waals surface area contributed by atoms with Crippen LogP contribution in [0.25, 0.3) is 0 Å². The Bertz CT molecular complexity index is 250. The van der Waals surface area contributed by atoms with Gasteiger partial charge in [-0.2, -0.15) is 11.8 Å². The molecule has 0 spiro atoms. The molecule has 0 saturated carbocycles. The number of halogens is 1. The summed E-state index contributed by atoms with van der Waals surface area (Å²) in [5, 5.41) is 2.12. The predicted octanol–water partition coefficient (Wildman–Crippen LogP) is 3.34. The summed E-state index contributed by atoms with van der Waals surface area (Å²) in [6.45, 7) is 2.98. The quantitative estimate of drug-likeness (QED) is 0.895. The Morgan fingerprint density at radius 3 is 3.00 bits per heavy atom. The Balaban J connectivity index is 2.24. The fourth-order valence-electron chi connectivity index (χ4n) is 0.849. The lowest BCUT2D eigenvalue weighted by Gasteiger charge is -2.06. The lowest BCUT2D eigenvalue weighted by molar-refractivity contribution is 0.675. The lowest BCUT2D eigenvalue weighted by atomic mass is 10.2. The van der Waals surface area contributed by atoms with Crippen molar-refractivity contribution in [3.05, 3.63) is 20.8 Å². The third-order valence-electron chi connectivity index (χ3n) is 1.73. The van der Waals surface area contributed by atoms with E-state index in [1.807, 2.05) is 23.1 Å². The van der Waals surface area contributed by atoms with Crippen molar-refractivity contribution in [1.29, 1.82) is 0 Å². The van der Waals surface area contributed by atoms with Gasteiger partial charge >= 0.3 is 0 Å². The minimum atomic E-state index is 0.628. The molecular formula is C9H14BrNS2. The molecule has 0 radical (unpaired) electrons. The Kier molecular flexibility index (Phi) is 5.39. The fraction of sp³-hybridized carbons (Fsp3) is 0.556. The highest BCUT2D eigenvalue weighted by Gasteiger charge is 2.03. The van der Waals surface area contributed by atoms with E-state index in [1.165, 1.54) is 9.35 Å². The van der Waals surface area contributed by atoms with E-state index in [-0.39, 0.29) is 0 Å². The van der Waals surface area contributed by atoms with Crippen LogP contribution in [0.15, 0.2) is 15.9 Å². The van der Waals surface area contributed by atoms with Crippen molar-refractivity contribution in [3.8, 4) is 0 Å². The van der Waals surface area contributed by atoms with Gasteiger partial charge in [-0.1, -0.05) is 6.92 Å². The summed E-state index contributed by atoms with van der Waals surface area (Å²) >= 11 is 7.29. The lowest BCUT2D eigenvalue weighted by Crippen LogP contribution is -2.12. The molecule has 2 N–H and O–H groups in total. The summed E-state index contributed by atoms with van der Waals surface area (Å²) < 4.78 is 1.24. The molecule has 0 fully saturated rings. The molecule has 0 bridgehead atoms. The molecule has 0 aliphatic carbocycles. The zero-order valence-electron chi connectivity index (χ0n) is 7.63. The van der Waals surface area contributed by atoms with Crippen LogP contribution < -0.4 is 5.73 Å². The molecule has 0 saturated heterocycles. The van der Waals surface area contributed by atoms with Gasteiger partial charge in [-0.05, 0) is 45.6 Å². The Morgan fingerprint density at radius 1 is 1.69 bits per heavy atom. The van der Waals surface area contributed by atoms with E-state index in [4.69, 9.17) is 5.73 Å². The van der Waals surface area contributed by atoms with Gasteiger partial charge in [0.05, 0.1) is 0 Å². The molecule has 1 aromatic heterocycles. The summed E-state index contributed by atoms with van der Waals surface area (Å²) in [5.41, 5.74) is 5.54. The van der Waals surface area contributed by atoms with Crippen LogP contribution in [0.3, 0.4) is 0 Å². The number of thiophene rings is 1. The van der Waals surface area contributed by atoms with E-state index in [2.05, 4.69) is 34.3 Å². The first-order valence-electron chi connectivity index (χ1n) is 4.23. The third kappa shape index (κ3) is 4.02. The summed E-state index contributed by atoms with van der Waals surface area (Å²) in [7, 11) is 0. The summed E-state index contributed by atoms with van der Waals surface area (Å²) in [6.07, 6.45) is 0. The van der Waals surface area contributed by atoms with Crippen molar-refractivity contribution in [2.75, 3.05) is 12.3 Å². The van der Waals surface area contributed by atoms with Crippen LogP contribution in [0.2, 0.25) is 0 Å². The molecule has 74 valence electrons. The van der Waals surface area contributed by atoms with Crippen LogP contribution in [-0.2, 0) is 5.75 Å². The Labute approximate surface area is 96.2 Å². The molecule has 1 nitrogen and oxygen atoms in total. The van der Waals surface area contributed by atoms with Crippen molar-refractivity contribution in [1.82, 2.24) is 0 Å². The maximum absolute atomic E-state index is 5.54. The summed E-state index contributed by atoms with van der Waals surface area (Å²) in [4.78, 5) is 1.43. The van der Waals surface area contributed by atoms with Crippen molar-refractivity contribution >= 4 is 39.0 Å². The molecule has 0 aromatic carbocycles. The minimum Gasteiger partial charge on any atom is -0.330 e.